The van der Waals surface area contributed by atoms with Gasteiger partial charge in [0, 0.05) is 24.3 Å². The molecule has 2 rings (SSSR count). The van der Waals surface area contributed by atoms with Crippen molar-refractivity contribution in [1.82, 2.24) is 4.90 Å². The lowest BCUT2D eigenvalue weighted by atomic mass is 10.1. The Bertz CT molecular complexity index is 524. The Balaban J connectivity index is 2.35. The van der Waals surface area contributed by atoms with Gasteiger partial charge >= 0.3 is 0 Å². The fraction of sp³-hybridized carbons (Fsp3) is 0.500. The number of carbonyl (C=O) groups excluding carboxylic acids is 1. The zero-order valence-electron chi connectivity index (χ0n) is 11.5. The van der Waals surface area contributed by atoms with Crippen molar-refractivity contribution in [2.75, 3.05) is 12.3 Å². The molecule has 1 amide bonds. The summed E-state index contributed by atoms with van der Waals surface area (Å²) in [7, 11) is 0. The van der Waals surface area contributed by atoms with E-state index in [2.05, 4.69) is 0 Å². The second-order valence-corrected chi connectivity index (χ2v) is 5.06. The van der Waals surface area contributed by atoms with Crippen LogP contribution in [0.3, 0.4) is 0 Å². The Morgan fingerprint density at radius 1 is 1.45 bits per heavy atom. The largest absolute Gasteiger partial charge is 0.399 e. The van der Waals surface area contributed by atoms with E-state index < -0.39 is 4.92 Å². The van der Waals surface area contributed by atoms with Crippen molar-refractivity contribution >= 4 is 17.3 Å². The van der Waals surface area contributed by atoms with Gasteiger partial charge < -0.3 is 10.6 Å². The van der Waals surface area contributed by atoms with Crippen LogP contribution in [0.4, 0.5) is 11.4 Å². The summed E-state index contributed by atoms with van der Waals surface area (Å²) in [6.07, 6.45) is 4.15. The average Bonchev–Trinajstić information content (AvgIpc) is 2.93. The molecule has 6 heteroatoms. The van der Waals surface area contributed by atoms with Gasteiger partial charge in [0.15, 0.2) is 0 Å². The Labute approximate surface area is 117 Å². The van der Waals surface area contributed by atoms with E-state index in [1.807, 2.05) is 6.92 Å². The van der Waals surface area contributed by atoms with Crippen LogP contribution in [0, 0.1) is 10.1 Å². The van der Waals surface area contributed by atoms with Crippen molar-refractivity contribution in [3.05, 3.63) is 33.9 Å². The highest BCUT2D eigenvalue weighted by atomic mass is 16.6. The normalized spacial score (nSPS) is 15.2. The van der Waals surface area contributed by atoms with Crippen LogP contribution in [0.15, 0.2) is 18.2 Å². The summed E-state index contributed by atoms with van der Waals surface area (Å²) < 4.78 is 0. The first-order valence-electron chi connectivity index (χ1n) is 6.89. The third-order valence-corrected chi connectivity index (χ3v) is 3.81. The molecule has 2 N–H and O–H groups in total. The molecule has 0 radical (unpaired) electrons. The van der Waals surface area contributed by atoms with Crippen LogP contribution in [0.5, 0.6) is 0 Å². The average molecular weight is 277 g/mol. The van der Waals surface area contributed by atoms with Crippen molar-refractivity contribution in [2.45, 2.75) is 38.6 Å². The molecular weight excluding hydrogens is 258 g/mol. The van der Waals surface area contributed by atoms with Crippen molar-refractivity contribution in [1.29, 1.82) is 0 Å². The van der Waals surface area contributed by atoms with E-state index in [1.54, 1.807) is 4.90 Å². The minimum atomic E-state index is -0.533. The first kappa shape index (κ1) is 14.3. The van der Waals surface area contributed by atoms with Gasteiger partial charge in [-0.15, -0.1) is 0 Å². The lowest BCUT2D eigenvalue weighted by molar-refractivity contribution is -0.385. The Morgan fingerprint density at radius 3 is 2.65 bits per heavy atom. The van der Waals surface area contributed by atoms with Gasteiger partial charge in [-0.3, -0.25) is 14.9 Å². The molecule has 1 aromatic rings. The van der Waals surface area contributed by atoms with Crippen LogP contribution in [0.2, 0.25) is 0 Å². The quantitative estimate of drug-likeness (QED) is 0.520. The number of nitrogen functional groups attached to an aromatic ring is 1. The Hall–Kier alpha value is -2.11. The van der Waals surface area contributed by atoms with Crippen LogP contribution in [-0.2, 0) is 0 Å². The van der Waals surface area contributed by atoms with E-state index in [0.717, 1.165) is 25.7 Å². The molecular formula is C14H19N3O3. The molecule has 0 aromatic heterocycles. The second kappa shape index (κ2) is 5.90. The van der Waals surface area contributed by atoms with Gasteiger partial charge in [0.1, 0.15) is 5.56 Å². The number of nitro groups is 1. The van der Waals surface area contributed by atoms with Crippen LogP contribution in [0.1, 0.15) is 43.0 Å². The van der Waals surface area contributed by atoms with E-state index in [-0.39, 0.29) is 23.2 Å². The molecule has 1 aliphatic carbocycles. The van der Waals surface area contributed by atoms with E-state index in [1.165, 1.54) is 18.2 Å². The maximum Gasteiger partial charge on any atom is 0.282 e. The number of nitro benzene ring substituents is 1. The standard InChI is InChI=1S/C14H19N3O3/c1-2-16(11-5-3-4-6-11)14(18)12-9-10(15)7-8-13(12)17(19)20/h7-9,11H,2-6,15H2,1H3. The summed E-state index contributed by atoms with van der Waals surface area (Å²) >= 11 is 0. The maximum absolute atomic E-state index is 12.6. The molecule has 0 saturated heterocycles. The van der Waals surface area contributed by atoms with Crippen molar-refractivity contribution in [3.63, 3.8) is 0 Å². The molecule has 0 aliphatic heterocycles. The first-order chi connectivity index (χ1) is 9.54. The van der Waals surface area contributed by atoms with Crippen molar-refractivity contribution < 1.29 is 9.72 Å². The van der Waals surface area contributed by atoms with Gasteiger partial charge in [-0.25, -0.2) is 0 Å². The number of carbonyl (C=O) groups is 1. The number of nitrogens with two attached hydrogens (primary N) is 1. The number of anilines is 1. The topological polar surface area (TPSA) is 89.5 Å². The molecule has 1 saturated carbocycles. The number of rotatable bonds is 4. The van der Waals surface area contributed by atoms with Crippen LogP contribution in [-0.4, -0.2) is 28.3 Å². The summed E-state index contributed by atoms with van der Waals surface area (Å²) in [5.41, 5.74) is 5.94. The SMILES string of the molecule is CCN(C(=O)c1cc(N)ccc1[N+](=O)[O-])C1CCCC1. The predicted octanol–water partition coefficient (Wildman–Crippen LogP) is 2.58. The Kier molecular flexibility index (Phi) is 4.22. The molecule has 0 bridgehead atoms. The molecule has 1 aliphatic rings. The van der Waals surface area contributed by atoms with Gasteiger partial charge in [-0.1, -0.05) is 12.8 Å². The van der Waals surface area contributed by atoms with E-state index in [0.29, 0.717) is 12.2 Å². The van der Waals surface area contributed by atoms with E-state index in [9.17, 15) is 14.9 Å². The molecule has 1 fully saturated rings. The molecule has 20 heavy (non-hydrogen) atoms. The molecule has 0 spiro atoms. The van der Waals surface area contributed by atoms with Gasteiger partial charge in [-0.2, -0.15) is 0 Å². The van der Waals surface area contributed by atoms with Crippen LogP contribution in [0.25, 0.3) is 0 Å². The fourth-order valence-corrected chi connectivity index (χ4v) is 2.82. The van der Waals surface area contributed by atoms with E-state index >= 15 is 0 Å². The maximum atomic E-state index is 12.6. The summed E-state index contributed by atoms with van der Waals surface area (Å²) in [5, 5.41) is 11.1. The highest BCUT2D eigenvalue weighted by Crippen LogP contribution is 2.28. The number of benzene rings is 1. The summed E-state index contributed by atoms with van der Waals surface area (Å²) in [6.45, 7) is 2.45. The van der Waals surface area contributed by atoms with Crippen molar-refractivity contribution in [2.24, 2.45) is 0 Å². The van der Waals surface area contributed by atoms with Gasteiger partial charge in [0.2, 0.25) is 0 Å². The third-order valence-electron chi connectivity index (χ3n) is 3.81. The number of hydrogen-bond acceptors (Lipinski definition) is 4. The fourth-order valence-electron chi connectivity index (χ4n) is 2.82. The number of hydrogen-bond donors (Lipinski definition) is 1. The van der Waals surface area contributed by atoms with Crippen LogP contribution >= 0.6 is 0 Å². The predicted molar refractivity (Wildman–Crippen MR) is 76.5 cm³/mol. The zero-order valence-corrected chi connectivity index (χ0v) is 11.5. The molecule has 0 unspecified atom stereocenters. The summed E-state index contributed by atoms with van der Waals surface area (Å²) in [4.78, 5) is 24.9. The zero-order chi connectivity index (χ0) is 14.7. The summed E-state index contributed by atoms with van der Waals surface area (Å²) in [5.74, 6) is -0.293. The monoisotopic (exact) mass is 277 g/mol. The summed E-state index contributed by atoms with van der Waals surface area (Å²) in [6, 6.07) is 4.33. The highest BCUT2D eigenvalue weighted by molar-refractivity contribution is 5.99. The molecule has 0 atom stereocenters. The van der Waals surface area contributed by atoms with Crippen molar-refractivity contribution in [3.8, 4) is 0 Å². The van der Waals surface area contributed by atoms with E-state index in [4.69, 9.17) is 5.73 Å². The number of amides is 1. The minimum absolute atomic E-state index is 0.0868. The Morgan fingerprint density at radius 2 is 2.10 bits per heavy atom. The van der Waals surface area contributed by atoms with Gasteiger partial charge in [0.05, 0.1) is 4.92 Å². The van der Waals surface area contributed by atoms with Gasteiger partial charge in [-0.05, 0) is 31.9 Å². The molecule has 108 valence electrons. The third kappa shape index (κ3) is 2.74. The van der Waals surface area contributed by atoms with Gasteiger partial charge in [0.25, 0.3) is 11.6 Å². The smallest absolute Gasteiger partial charge is 0.282 e. The lowest BCUT2D eigenvalue weighted by Gasteiger charge is -2.27. The first-order valence-corrected chi connectivity index (χ1v) is 6.89. The highest BCUT2D eigenvalue weighted by Gasteiger charge is 2.30. The molecule has 0 heterocycles. The number of nitrogens with zero attached hydrogens (tertiary/aromatic N) is 2. The lowest BCUT2D eigenvalue weighted by Crippen LogP contribution is -2.38. The molecule has 1 aromatic carbocycles. The second-order valence-electron chi connectivity index (χ2n) is 5.06. The molecule has 6 nitrogen and oxygen atoms in total. The minimum Gasteiger partial charge on any atom is -0.399 e. The van der Waals surface area contributed by atoms with Crippen LogP contribution < -0.4 is 5.73 Å².